The predicted molar refractivity (Wildman–Crippen MR) is 169 cm³/mol. The third kappa shape index (κ3) is 7.07. The van der Waals surface area contributed by atoms with Crippen molar-refractivity contribution in [1.82, 2.24) is 5.32 Å². The molecule has 46 heavy (non-hydrogen) atoms. The number of benzene rings is 4. The molecule has 238 valence electrons. The summed E-state index contributed by atoms with van der Waals surface area (Å²) in [5.41, 5.74) is 4.42. The maximum absolute atomic E-state index is 13.9. The Morgan fingerprint density at radius 2 is 1.74 bits per heavy atom. The lowest BCUT2D eigenvalue weighted by molar-refractivity contribution is -0.145. The summed E-state index contributed by atoms with van der Waals surface area (Å²) in [5, 5.41) is 31.4. The number of aliphatic carboxylic acids is 1. The van der Waals surface area contributed by atoms with Gasteiger partial charge in [0.1, 0.15) is 55.4 Å². The van der Waals surface area contributed by atoms with Crippen molar-refractivity contribution in [2.24, 2.45) is 0 Å². The van der Waals surface area contributed by atoms with Gasteiger partial charge in [0.15, 0.2) is 11.5 Å². The van der Waals surface area contributed by atoms with E-state index in [9.17, 15) is 24.7 Å². The highest BCUT2D eigenvalue weighted by Crippen LogP contribution is 2.37. The lowest BCUT2D eigenvalue weighted by Crippen LogP contribution is -2.52. The molecule has 9 nitrogen and oxygen atoms in total. The molecular weight excluding hydrogens is 591 g/mol. The summed E-state index contributed by atoms with van der Waals surface area (Å²) >= 11 is 0. The summed E-state index contributed by atoms with van der Waals surface area (Å²) in [6.07, 6.45) is 0. The van der Waals surface area contributed by atoms with E-state index in [0.717, 1.165) is 39.3 Å². The lowest BCUT2D eigenvalue weighted by atomic mass is 9.96. The van der Waals surface area contributed by atoms with Crippen LogP contribution in [0, 0.1) is 31.0 Å². The van der Waals surface area contributed by atoms with Crippen molar-refractivity contribution in [2.75, 3.05) is 19.8 Å². The molecule has 4 aromatic rings. The fourth-order valence-electron chi connectivity index (χ4n) is 5.07. The maximum atomic E-state index is 13.9. The van der Waals surface area contributed by atoms with E-state index in [1.165, 1.54) is 25.1 Å². The Bertz CT molecular complexity index is 1800. The first-order chi connectivity index (χ1) is 22.1. The summed E-state index contributed by atoms with van der Waals surface area (Å²) in [5.74, 6) is 0.597. The molecule has 0 amide bonds. The molecule has 5 rings (SSSR count). The molecule has 0 bridgehead atoms. The maximum Gasteiger partial charge on any atom is 0.326 e. The summed E-state index contributed by atoms with van der Waals surface area (Å²) in [6.45, 7) is 6.10. The number of nitriles is 1. The average molecular weight is 627 g/mol. The minimum Gasteiger partial charge on any atom is -0.488 e. The monoisotopic (exact) mass is 626 g/mol. The van der Waals surface area contributed by atoms with E-state index in [-0.39, 0.29) is 25.3 Å². The number of nitrogens with zero attached hydrogens (tertiary/aromatic N) is 1. The van der Waals surface area contributed by atoms with Crippen LogP contribution in [0.1, 0.15) is 40.3 Å². The van der Waals surface area contributed by atoms with Gasteiger partial charge in [0.05, 0.1) is 12.2 Å². The first-order valence-corrected chi connectivity index (χ1v) is 14.8. The highest BCUT2D eigenvalue weighted by atomic mass is 19.1. The normalized spacial score (nSPS) is 13.4. The van der Waals surface area contributed by atoms with Crippen molar-refractivity contribution >= 4 is 5.97 Å². The predicted octanol–water partition coefficient (Wildman–Crippen LogP) is 5.84. The van der Waals surface area contributed by atoms with Crippen LogP contribution in [0.3, 0.4) is 0 Å². The Morgan fingerprint density at radius 3 is 2.48 bits per heavy atom. The van der Waals surface area contributed by atoms with Gasteiger partial charge in [-0.15, -0.1) is 0 Å². The molecule has 0 saturated heterocycles. The van der Waals surface area contributed by atoms with E-state index in [4.69, 9.17) is 18.9 Å². The quantitative estimate of drug-likeness (QED) is 0.178. The van der Waals surface area contributed by atoms with E-state index in [2.05, 4.69) is 5.32 Å². The number of aliphatic hydroxyl groups is 1. The van der Waals surface area contributed by atoms with Crippen LogP contribution in [0.4, 0.5) is 4.39 Å². The number of fused-ring (bicyclic) bond motifs is 1. The topological polar surface area (TPSA) is 130 Å². The molecule has 3 N–H and O–H groups in total. The fourth-order valence-corrected chi connectivity index (χ4v) is 5.07. The van der Waals surface area contributed by atoms with Crippen LogP contribution in [0.25, 0.3) is 11.1 Å². The minimum absolute atomic E-state index is 0.0251. The Morgan fingerprint density at radius 1 is 0.978 bits per heavy atom. The standard InChI is InChI=1S/C36H35FN2O7/c1-22-13-28(18-39-36(3,21-40)35(41)42)33(45-19-24-7-9-30(37)27(14-24)17-38)16-32(22)46-20-26-5-4-6-29(23(26)2)25-8-10-31-34(15-25)44-12-11-43-31/h4-10,13-16,39-40H,11-12,18-21H2,1-3H3,(H,41,42)/t36-/m1/s1. The number of carboxylic acids is 1. The van der Waals surface area contributed by atoms with Gasteiger partial charge in [-0.1, -0.05) is 30.3 Å². The average Bonchev–Trinajstić information content (AvgIpc) is 3.06. The van der Waals surface area contributed by atoms with Crippen molar-refractivity contribution in [3.05, 3.63) is 106 Å². The van der Waals surface area contributed by atoms with Crippen LogP contribution in [-0.4, -0.2) is 41.5 Å². The molecule has 0 aromatic heterocycles. The van der Waals surface area contributed by atoms with Crippen LogP contribution in [0.5, 0.6) is 23.0 Å². The second-order valence-corrected chi connectivity index (χ2v) is 11.3. The molecule has 0 aliphatic carbocycles. The second-order valence-electron chi connectivity index (χ2n) is 11.3. The van der Waals surface area contributed by atoms with Crippen LogP contribution >= 0.6 is 0 Å². The Hall–Kier alpha value is -5.11. The van der Waals surface area contributed by atoms with E-state index in [1.54, 1.807) is 6.07 Å². The van der Waals surface area contributed by atoms with Gasteiger partial charge in [-0.2, -0.15) is 5.26 Å². The summed E-state index contributed by atoms with van der Waals surface area (Å²) in [6, 6.07) is 21.5. The lowest BCUT2D eigenvalue weighted by Gasteiger charge is -2.25. The SMILES string of the molecule is Cc1cc(CN[C@](C)(CO)C(=O)O)c(OCc2ccc(F)c(C#N)c2)cc1OCc1cccc(-c2ccc3c(c2)OCCO3)c1C. The number of aryl methyl sites for hydroxylation is 1. The zero-order valence-electron chi connectivity index (χ0n) is 25.9. The Kier molecular flexibility index (Phi) is 9.75. The molecule has 0 unspecified atom stereocenters. The van der Waals surface area contributed by atoms with E-state index >= 15 is 0 Å². The highest BCUT2D eigenvalue weighted by Gasteiger charge is 2.32. The molecule has 0 spiro atoms. The van der Waals surface area contributed by atoms with Crippen molar-refractivity contribution in [3.8, 4) is 40.2 Å². The van der Waals surface area contributed by atoms with Crippen molar-refractivity contribution in [3.63, 3.8) is 0 Å². The highest BCUT2D eigenvalue weighted by molar-refractivity contribution is 5.78. The van der Waals surface area contributed by atoms with Crippen molar-refractivity contribution < 1.29 is 38.3 Å². The number of carboxylic acid groups (broad SMARTS) is 1. The molecule has 0 radical (unpaired) electrons. The summed E-state index contributed by atoms with van der Waals surface area (Å²) in [4.78, 5) is 11.8. The van der Waals surface area contributed by atoms with Crippen LogP contribution < -0.4 is 24.3 Å². The molecule has 1 atom stereocenters. The third-order valence-corrected chi connectivity index (χ3v) is 8.04. The zero-order chi connectivity index (χ0) is 32.8. The van der Waals surface area contributed by atoms with Crippen molar-refractivity contribution in [2.45, 2.75) is 46.1 Å². The Labute approximate surface area is 266 Å². The van der Waals surface area contributed by atoms with Gasteiger partial charge in [0.25, 0.3) is 0 Å². The molecule has 1 aliphatic rings. The molecular formula is C36H35FN2O7. The number of ether oxygens (including phenoxy) is 4. The number of halogens is 1. The zero-order valence-corrected chi connectivity index (χ0v) is 25.9. The number of nitrogens with one attached hydrogen (secondary N) is 1. The molecule has 4 aromatic carbocycles. The van der Waals surface area contributed by atoms with E-state index in [1.807, 2.05) is 62.4 Å². The second kappa shape index (κ2) is 13.9. The van der Waals surface area contributed by atoms with Gasteiger partial charge in [-0.25, -0.2) is 4.39 Å². The van der Waals surface area contributed by atoms with E-state index < -0.39 is 23.9 Å². The molecule has 0 saturated carbocycles. The van der Waals surface area contributed by atoms with Crippen LogP contribution in [0.15, 0.2) is 66.7 Å². The van der Waals surface area contributed by atoms with Gasteiger partial charge in [0.2, 0.25) is 0 Å². The van der Waals surface area contributed by atoms with Crippen molar-refractivity contribution in [1.29, 1.82) is 5.26 Å². The van der Waals surface area contributed by atoms with Gasteiger partial charge in [-0.3, -0.25) is 10.1 Å². The number of hydrogen-bond acceptors (Lipinski definition) is 8. The number of aliphatic hydroxyl groups excluding tert-OH is 1. The Balaban J connectivity index is 1.40. The van der Waals surface area contributed by atoms with Gasteiger partial charge in [-0.05, 0) is 84.5 Å². The molecule has 1 aliphatic heterocycles. The number of hydrogen-bond donors (Lipinski definition) is 3. The largest absolute Gasteiger partial charge is 0.488 e. The first kappa shape index (κ1) is 32.3. The fraction of sp³-hybridized carbons (Fsp3) is 0.278. The molecule has 0 fully saturated rings. The molecule has 10 heteroatoms. The van der Waals surface area contributed by atoms with E-state index in [0.29, 0.717) is 35.8 Å². The van der Waals surface area contributed by atoms with Gasteiger partial charge in [0, 0.05) is 18.2 Å². The summed E-state index contributed by atoms with van der Waals surface area (Å²) < 4.78 is 37.8. The number of carbonyl (C=O) groups is 1. The molecule has 1 heterocycles. The number of rotatable bonds is 12. The minimum atomic E-state index is -1.57. The summed E-state index contributed by atoms with van der Waals surface area (Å²) in [7, 11) is 0. The van der Waals surface area contributed by atoms with Gasteiger partial charge < -0.3 is 29.2 Å². The third-order valence-electron chi connectivity index (χ3n) is 8.04. The first-order valence-electron chi connectivity index (χ1n) is 14.8. The van der Waals surface area contributed by atoms with Crippen LogP contribution in [-0.2, 0) is 24.6 Å². The van der Waals surface area contributed by atoms with Gasteiger partial charge >= 0.3 is 5.97 Å². The van der Waals surface area contributed by atoms with Crippen LogP contribution in [0.2, 0.25) is 0 Å². The smallest absolute Gasteiger partial charge is 0.326 e.